The number of carbonyl (C=O) groups is 1. The Kier molecular flexibility index (Phi) is 4.63. The molecular formula is C15H22N6OS. The Balaban J connectivity index is 1.54. The van der Waals surface area contributed by atoms with Crippen molar-refractivity contribution in [1.82, 2.24) is 20.1 Å². The van der Waals surface area contributed by atoms with Gasteiger partial charge in [-0.1, -0.05) is 0 Å². The van der Waals surface area contributed by atoms with Gasteiger partial charge in [0, 0.05) is 37.3 Å². The molecule has 1 amide bonds. The van der Waals surface area contributed by atoms with Gasteiger partial charge in [-0.05, 0) is 20.8 Å². The average molecular weight is 334 g/mol. The monoisotopic (exact) mass is 334 g/mol. The molecule has 1 saturated heterocycles. The van der Waals surface area contributed by atoms with Crippen LogP contribution in [0.4, 0.5) is 10.8 Å². The number of anilines is 2. The van der Waals surface area contributed by atoms with Crippen molar-refractivity contribution in [3.05, 3.63) is 23.0 Å². The van der Waals surface area contributed by atoms with Crippen molar-refractivity contribution in [3.8, 4) is 0 Å². The second-order valence-corrected chi connectivity index (χ2v) is 6.82. The number of aromatic nitrogens is 3. The van der Waals surface area contributed by atoms with Crippen LogP contribution in [0.25, 0.3) is 0 Å². The van der Waals surface area contributed by atoms with E-state index in [1.165, 1.54) is 0 Å². The maximum atomic E-state index is 12.3. The first-order valence-corrected chi connectivity index (χ1v) is 8.62. The first kappa shape index (κ1) is 15.9. The number of aryl methyl sites for hydroxylation is 2. The molecule has 2 aromatic heterocycles. The summed E-state index contributed by atoms with van der Waals surface area (Å²) in [5.41, 5.74) is 2.50. The van der Waals surface area contributed by atoms with Gasteiger partial charge >= 0.3 is 0 Å². The van der Waals surface area contributed by atoms with Crippen LogP contribution in [0.15, 0.2) is 11.6 Å². The van der Waals surface area contributed by atoms with Gasteiger partial charge in [0.15, 0.2) is 5.13 Å². The Morgan fingerprint density at radius 1 is 1.48 bits per heavy atom. The molecule has 3 rings (SSSR count). The van der Waals surface area contributed by atoms with Gasteiger partial charge in [-0.2, -0.15) is 5.10 Å². The minimum absolute atomic E-state index is 0.00694. The molecule has 2 aromatic rings. The fourth-order valence-electron chi connectivity index (χ4n) is 2.94. The number of carbonyl (C=O) groups excluding carboxylic acids is 1. The van der Waals surface area contributed by atoms with Crippen molar-refractivity contribution in [1.29, 1.82) is 0 Å². The highest BCUT2D eigenvalue weighted by molar-refractivity contribution is 7.13. The molecule has 0 bridgehead atoms. The number of hydrogen-bond acceptors (Lipinski definition) is 6. The van der Waals surface area contributed by atoms with Crippen molar-refractivity contribution < 1.29 is 4.79 Å². The fraction of sp³-hybridized carbons (Fsp3) is 0.533. The predicted octanol–water partition coefficient (Wildman–Crippen LogP) is 1.63. The largest absolute Gasteiger partial charge is 0.343 e. The van der Waals surface area contributed by atoms with E-state index in [9.17, 15) is 4.79 Å². The van der Waals surface area contributed by atoms with Crippen LogP contribution in [0.1, 0.15) is 18.3 Å². The van der Waals surface area contributed by atoms with Crippen LogP contribution >= 0.6 is 11.3 Å². The second-order valence-electron chi connectivity index (χ2n) is 5.95. The lowest BCUT2D eigenvalue weighted by atomic mass is 10.2. The summed E-state index contributed by atoms with van der Waals surface area (Å²) in [5.74, 6) is 0.00694. The third kappa shape index (κ3) is 3.53. The van der Waals surface area contributed by atoms with Gasteiger partial charge in [0.25, 0.3) is 0 Å². The van der Waals surface area contributed by atoms with Gasteiger partial charge < -0.3 is 10.2 Å². The molecule has 2 N–H and O–H groups in total. The summed E-state index contributed by atoms with van der Waals surface area (Å²) in [7, 11) is 0. The number of nitrogens with zero attached hydrogens (tertiary/aromatic N) is 4. The van der Waals surface area contributed by atoms with Gasteiger partial charge in [-0.15, -0.1) is 11.3 Å². The summed E-state index contributed by atoms with van der Waals surface area (Å²) >= 11 is 1.66. The number of nitrogens with one attached hydrogen (secondary N) is 2. The third-order valence-corrected chi connectivity index (χ3v) is 4.94. The van der Waals surface area contributed by atoms with Crippen LogP contribution in [0.2, 0.25) is 0 Å². The lowest BCUT2D eigenvalue weighted by Gasteiger charge is -2.39. The minimum Gasteiger partial charge on any atom is -0.343 e. The van der Waals surface area contributed by atoms with Gasteiger partial charge in [-0.25, -0.2) is 4.98 Å². The molecule has 1 aliphatic heterocycles. The maximum Gasteiger partial charge on any atom is 0.238 e. The highest BCUT2D eigenvalue weighted by Crippen LogP contribution is 2.22. The summed E-state index contributed by atoms with van der Waals surface area (Å²) in [6.07, 6.45) is 1.84. The summed E-state index contributed by atoms with van der Waals surface area (Å²) in [6, 6.07) is 0.347. The molecule has 124 valence electrons. The van der Waals surface area contributed by atoms with E-state index >= 15 is 0 Å². The number of thiazole rings is 1. The van der Waals surface area contributed by atoms with E-state index in [4.69, 9.17) is 0 Å². The highest BCUT2D eigenvalue weighted by atomic mass is 32.1. The number of hydrogen-bond donors (Lipinski definition) is 2. The fourth-order valence-corrected chi connectivity index (χ4v) is 3.71. The van der Waals surface area contributed by atoms with Gasteiger partial charge in [0.2, 0.25) is 5.91 Å². The SMILES string of the molecule is Cc1n[nH]c(C)c1NC(=O)CN1CCN(c2nccs2)C(C)C1. The van der Waals surface area contributed by atoms with Crippen molar-refractivity contribution in [2.45, 2.75) is 26.8 Å². The van der Waals surface area contributed by atoms with E-state index in [0.717, 1.165) is 41.8 Å². The number of rotatable bonds is 4. The van der Waals surface area contributed by atoms with Gasteiger partial charge in [0.05, 0.1) is 23.6 Å². The Morgan fingerprint density at radius 3 is 2.91 bits per heavy atom. The highest BCUT2D eigenvalue weighted by Gasteiger charge is 2.26. The molecule has 1 atom stereocenters. The number of H-pyrrole nitrogens is 1. The molecule has 1 fully saturated rings. The molecule has 1 unspecified atom stereocenters. The lowest BCUT2D eigenvalue weighted by Crippen LogP contribution is -2.53. The predicted molar refractivity (Wildman–Crippen MR) is 92.1 cm³/mol. The molecule has 0 aromatic carbocycles. The Labute approximate surface area is 139 Å². The quantitative estimate of drug-likeness (QED) is 0.889. The van der Waals surface area contributed by atoms with Crippen LogP contribution in [-0.2, 0) is 4.79 Å². The van der Waals surface area contributed by atoms with Crippen molar-refractivity contribution in [2.24, 2.45) is 0 Å². The van der Waals surface area contributed by atoms with E-state index < -0.39 is 0 Å². The van der Waals surface area contributed by atoms with Gasteiger partial charge in [0.1, 0.15) is 0 Å². The first-order valence-electron chi connectivity index (χ1n) is 7.74. The number of piperazine rings is 1. The van der Waals surface area contributed by atoms with Crippen molar-refractivity contribution in [2.75, 3.05) is 36.4 Å². The number of amides is 1. The standard InChI is InChI=1S/C15H22N6OS/c1-10-8-20(5-6-21(10)15-16-4-7-23-15)9-13(22)17-14-11(2)18-19-12(14)3/h4,7,10H,5-6,8-9H2,1-3H3,(H,17,22)(H,18,19). The first-order chi connectivity index (χ1) is 11.0. The van der Waals surface area contributed by atoms with Crippen LogP contribution in [0, 0.1) is 13.8 Å². The molecule has 0 radical (unpaired) electrons. The van der Waals surface area contributed by atoms with Gasteiger partial charge in [-0.3, -0.25) is 14.8 Å². The molecule has 0 spiro atoms. The van der Waals surface area contributed by atoms with Crippen LogP contribution < -0.4 is 10.2 Å². The Morgan fingerprint density at radius 2 is 2.30 bits per heavy atom. The zero-order valence-electron chi connectivity index (χ0n) is 13.7. The molecule has 1 aliphatic rings. The molecule has 3 heterocycles. The van der Waals surface area contributed by atoms with E-state index in [1.54, 1.807) is 11.3 Å². The second kappa shape index (κ2) is 6.67. The summed E-state index contributed by atoms with van der Waals surface area (Å²) in [5, 5.41) is 13.0. The number of aromatic amines is 1. The van der Waals surface area contributed by atoms with E-state index in [2.05, 4.69) is 37.2 Å². The molecule has 0 saturated carbocycles. The van der Waals surface area contributed by atoms with E-state index in [1.807, 2.05) is 25.4 Å². The lowest BCUT2D eigenvalue weighted by molar-refractivity contribution is -0.117. The van der Waals surface area contributed by atoms with E-state index in [0.29, 0.717) is 12.6 Å². The van der Waals surface area contributed by atoms with Crippen molar-refractivity contribution in [3.63, 3.8) is 0 Å². The maximum absolute atomic E-state index is 12.3. The third-order valence-electron chi connectivity index (χ3n) is 4.14. The normalized spacial score (nSPS) is 19.1. The zero-order chi connectivity index (χ0) is 16.4. The average Bonchev–Trinajstić information content (AvgIpc) is 3.13. The Bertz CT molecular complexity index is 648. The smallest absolute Gasteiger partial charge is 0.238 e. The van der Waals surface area contributed by atoms with Crippen LogP contribution in [0.3, 0.4) is 0 Å². The van der Waals surface area contributed by atoms with E-state index in [-0.39, 0.29) is 5.91 Å². The van der Waals surface area contributed by atoms with Crippen LogP contribution in [-0.4, -0.2) is 58.2 Å². The summed E-state index contributed by atoms with van der Waals surface area (Å²) in [6.45, 7) is 8.98. The zero-order valence-corrected chi connectivity index (χ0v) is 14.5. The van der Waals surface area contributed by atoms with Crippen molar-refractivity contribution >= 4 is 28.1 Å². The molecule has 8 heteroatoms. The molecule has 23 heavy (non-hydrogen) atoms. The molecule has 0 aliphatic carbocycles. The Hall–Kier alpha value is -1.93. The van der Waals surface area contributed by atoms with Crippen LogP contribution in [0.5, 0.6) is 0 Å². The minimum atomic E-state index is 0.00694. The molecular weight excluding hydrogens is 312 g/mol. The molecule has 7 nitrogen and oxygen atoms in total. The summed E-state index contributed by atoms with van der Waals surface area (Å²) in [4.78, 5) is 21.2. The summed E-state index contributed by atoms with van der Waals surface area (Å²) < 4.78 is 0. The topological polar surface area (TPSA) is 77.2 Å².